The smallest absolute Gasteiger partial charge is 0.143 e. The average Bonchev–Trinajstić information content (AvgIpc) is 2.34. The molecule has 0 aliphatic rings. The molecule has 90 valence electrons. The van der Waals surface area contributed by atoms with Crippen LogP contribution in [0, 0.1) is 6.92 Å². The van der Waals surface area contributed by atoms with E-state index in [1.807, 2.05) is 19.1 Å². The summed E-state index contributed by atoms with van der Waals surface area (Å²) in [5, 5.41) is 1.70. The largest absolute Gasteiger partial charge is 0.308 e. The van der Waals surface area contributed by atoms with E-state index < -0.39 is 0 Å². The fourth-order valence-corrected chi connectivity index (χ4v) is 2.68. The van der Waals surface area contributed by atoms with E-state index in [1.165, 1.54) is 0 Å². The van der Waals surface area contributed by atoms with Gasteiger partial charge < -0.3 is 5.43 Å². The normalized spacial score (nSPS) is 10.9. The zero-order valence-corrected chi connectivity index (χ0v) is 12.0. The summed E-state index contributed by atoms with van der Waals surface area (Å²) in [5.41, 5.74) is 5.54. The number of fused-ring (bicyclic) bond motifs is 1. The monoisotopic (exact) mass is 313 g/mol. The Morgan fingerprint density at radius 3 is 2.76 bits per heavy atom. The van der Waals surface area contributed by atoms with Crippen molar-refractivity contribution < 1.29 is 0 Å². The van der Waals surface area contributed by atoms with Gasteiger partial charge in [-0.05, 0) is 52.5 Å². The van der Waals surface area contributed by atoms with E-state index in [-0.39, 0.29) is 0 Å². The Kier molecular flexibility index (Phi) is 3.56. The number of nitrogens with two attached hydrogens (primary N) is 1. The van der Waals surface area contributed by atoms with Gasteiger partial charge in [-0.1, -0.05) is 18.5 Å². The number of pyridine rings is 1. The highest BCUT2D eigenvalue weighted by atomic mass is 79.9. The van der Waals surface area contributed by atoms with Gasteiger partial charge in [0, 0.05) is 9.86 Å². The standard InChI is InChI=1S/C12H13BrClN3/c1-3-7-5-8-10(14)6(2)4-9(13)11(8)16-12(7)17-15/h4-5H,3,15H2,1-2H3,(H,16,17). The molecule has 0 radical (unpaired) electrons. The lowest BCUT2D eigenvalue weighted by molar-refractivity contribution is 1.10. The van der Waals surface area contributed by atoms with E-state index in [4.69, 9.17) is 17.4 Å². The molecule has 5 heteroatoms. The lowest BCUT2D eigenvalue weighted by atomic mass is 10.1. The van der Waals surface area contributed by atoms with Gasteiger partial charge in [-0.2, -0.15) is 0 Å². The molecule has 1 heterocycles. The number of nitrogens with zero attached hydrogens (tertiary/aromatic N) is 1. The number of nitrogen functional groups attached to an aromatic ring is 1. The minimum atomic E-state index is 0.695. The second-order valence-corrected chi connectivity index (χ2v) is 5.11. The maximum Gasteiger partial charge on any atom is 0.143 e. The molecule has 0 amide bonds. The number of hydrazine groups is 1. The Hall–Kier alpha value is -0.840. The van der Waals surface area contributed by atoms with E-state index >= 15 is 0 Å². The fourth-order valence-electron chi connectivity index (χ4n) is 1.83. The van der Waals surface area contributed by atoms with Crippen molar-refractivity contribution in [3.05, 3.63) is 32.8 Å². The zero-order valence-electron chi connectivity index (χ0n) is 9.64. The van der Waals surface area contributed by atoms with Gasteiger partial charge in [0.2, 0.25) is 0 Å². The summed E-state index contributed by atoms with van der Waals surface area (Å²) in [7, 11) is 0. The predicted octanol–water partition coefficient (Wildman–Crippen LogP) is 3.81. The maximum absolute atomic E-state index is 6.31. The first-order valence-electron chi connectivity index (χ1n) is 5.33. The van der Waals surface area contributed by atoms with Crippen molar-refractivity contribution in [3.8, 4) is 0 Å². The zero-order chi connectivity index (χ0) is 12.6. The molecule has 2 aromatic rings. The number of hydrogen-bond acceptors (Lipinski definition) is 3. The van der Waals surface area contributed by atoms with Crippen LogP contribution in [0.1, 0.15) is 18.1 Å². The van der Waals surface area contributed by atoms with Crippen LogP contribution < -0.4 is 11.3 Å². The van der Waals surface area contributed by atoms with Crippen LogP contribution >= 0.6 is 27.5 Å². The van der Waals surface area contributed by atoms with Gasteiger partial charge >= 0.3 is 0 Å². The third-order valence-corrected chi connectivity index (χ3v) is 3.88. The maximum atomic E-state index is 6.31. The molecule has 0 fully saturated rings. The van der Waals surface area contributed by atoms with Gasteiger partial charge in [-0.3, -0.25) is 0 Å². The SMILES string of the molecule is CCc1cc2c(Cl)c(C)cc(Br)c2nc1NN. The summed E-state index contributed by atoms with van der Waals surface area (Å²) < 4.78 is 0.925. The van der Waals surface area contributed by atoms with Crippen LogP contribution in [0.25, 0.3) is 10.9 Å². The van der Waals surface area contributed by atoms with Gasteiger partial charge in [0.25, 0.3) is 0 Å². The van der Waals surface area contributed by atoms with Crippen molar-refractivity contribution in [2.45, 2.75) is 20.3 Å². The molecule has 17 heavy (non-hydrogen) atoms. The molecule has 0 unspecified atom stereocenters. The highest BCUT2D eigenvalue weighted by Crippen LogP contribution is 2.34. The van der Waals surface area contributed by atoms with Gasteiger partial charge in [0.1, 0.15) is 5.82 Å². The van der Waals surface area contributed by atoms with Crippen LogP contribution in [0.2, 0.25) is 5.02 Å². The molecule has 1 aromatic heterocycles. The number of hydrogen-bond donors (Lipinski definition) is 2. The molecule has 2 rings (SSSR count). The van der Waals surface area contributed by atoms with E-state index in [1.54, 1.807) is 0 Å². The lowest BCUT2D eigenvalue weighted by Gasteiger charge is -2.11. The molecule has 0 saturated carbocycles. The predicted molar refractivity (Wildman–Crippen MR) is 76.4 cm³/mol. The summed E-state index contributed by atoms with van der Waals surface area (Å²) in [4.78, 5) is 4.50. The Labute approximate surface area is 113 Å². The minimum Gasteiger partial charge on any atom is -0.308 e. The first-order chi connectivity index (χ1) is 8.08. The number of rotatable bonds is 2. The summed E-state index contributed by atoms with van der Waals surface area (Å²) in [6.45, 7) is 4.04. The Morgan fingerprint density at radius 2 is 2.18 bits per heavy atom. The molecule has 0 atom stereocenters. The minimum absolute atomic E-state index is 0.695. The van der Waals surface area contributed by atoms with E-state index in [0.717, 1.165) is 37.9 Å². The summed E-state index contributed by atoms with van der Waals surface area (Å²) in [6, 6.07) is 4.00. The van der Waals surface area contributed by atoms with Crippen molar-refractivity contribution in [3.63, 3.8) is 0 Å². The van der Waals surface area contributed by atoms with Crippen LogP contribution in [0.3, 0.4) is 0 Å². The number of benzene rings is 1. The molecular formula is C12H13BrClN3. The molecule has 0 aliphatic carbocycles. The Bertz CT molecular complexity index is 584. The molecule has 0 spiro atoms. The highest BCUT2D eigenvalue weighted by molar-refractivity contribution is 9.10. The molecule has 3 nitrogen and oxygen atoms in total. The second kappa shape index (κ2) is 4.80. The van der Waals surface area contributed by atoms with E-state index in [0.29, 0.717) is 5.82 Å². The number of anilines is 1. The molecule has 0 aliphatic heterocycles. The van der Waals surface area contributed by atoms with Gasteiger partial charge in [0.15, 0.2) is 0 Å². The van der Waals surface area contributed by atoms with Crippen LogP contribution in [0.4, 0.5) is 5.82 Å². The summed E-state index contributed by atoms with van der Waals surface area (Å²) >= 11 is 9.81. The third-order valence-electron chi connectivity index (χ3n) is 2.77. The first kappa shape index (κ1) is 12.6. The molecule has 0 saturated heterocycles. The van der Waals surface area contributed by atoms with Crippen LogP contribution in [-0.2, 0) is 6.42 Å². The number of nitrogens with one attached hydrogen (secondary N) is 1. The Morgan fingerprint density at radius 1 is 1.47 bits per heavy atom. The number of aromatic nitrogens is 1. The van der Waals surface area contributed by atoms with Gasteiger partial charge in [-0.15, -0.1) is 0 Å². The van der Waals surface area contributed by atoms with Gasteiger partial charge in [-0.25, -0.2) is 10.8 Å². The number of aryl methyl sites for hydroxylation is 2. The first-order valence-corrected chi connectivity index (χ1v) is 6.50. The topological polar surface area (TPSA) is 50.9 Å². The molecule has 1 aromatic carbocycles. The molecular weight excluding hydrogens is 302 g/mol. The lowest BCUT2D eigenvalue weighted by Crippen LogP contribution is -2.11. The van der Waals surface area contributed by atoms with Crippen molar-refractivity contribution in [2.75, 3.05) is 5.43 Å². The van der Waals surface area contributed by atoms with Gasteiger partial charge in [0.05, 0.1) is 10.5 Å². The van der Waals surface area contributed by atoms with Crippen LogP contribution in [0.5, 0.6) is 0 Å². The van der Waals surface area contributed by atoms with Crippen molar-refractivity contribution in [1.82, 2.24) is 4.98 Å². The van der Waals surface area contributed by atoms with E-state index in [2.05, 4.69) is 33.3 Å². The quantitative estimate of drug-likeness (QED) is 0.654. The number of halogens is 2. The van der Waals surface area contributed by atoms with E-state index in [9.17, 15) is 0 Å². The Balaban J connectivity index is 2.87. The molecule has 0 bridgehead atoms. The van der Waals surface area contributed by atoms with Crippen LogP contribution in [-0.4, -0.2) is 4.98 Å². The highest BCUT2D eigenvalue weighted by Gasteiger charge is 2.11. The second-order valence-electron chi connectivity index (χ2n) is 3.88. The average molecular weight is 315 g/mol. The molecule has 3 N–H and O–H groups in total. The summed E-state index contributed by atoms with van der Waals surface area (Å²) in [5.74, 6) is 6.17. The van der Waals surface area contributed by atoms with Crippen LogP contribution in [0.15, 0.2) is 16.6 Å². The van der Waals surface area contributed by atoms with Crippen molar-refractivity contribution in [1.29, 1.82) is 0 Å². The summed E-state index contributed by atoms with van der Waals surface area (Å²) in [6.07, 6.45) is 0.852. The fraction of sp³-hybridized carbons (Fsp3) is 0.250. The van der Waals surface area contributed by atoms with Crippen molar-refractivity contribution in [2.24, 2.45) is 5.84 Å². The van der Waals surface area contributed by atoms with Crippen molar-refractivity contribution >= 4 is 44.3 Å². The third kappa shape index (κ3) is 2.12.